The summed E-state index contributed by atoms with van der Waals surface area (Å²) in [5.74, 6) is -0.773. The summed E-state index contributed by atoms with van der Waals surface area (Å²) in [5.41, 5.74) is 1.51. The Morgan fingerprint density at radius 1 is 1.32 bits per heavy atom. The van der Waals surface area contributed by atoms with E-state index in [2.05, 4.69) is 19.2 Å². The largest absolute Gasteiger partial charge is 0.481 e. The maximum absolute atomic E-state index is 11.0. The standard InChI is InChI=1S/C18H22Cl2N2O2S/c1-4-18(5-2,9-8-15(23)24)16-11(3)25-17(22-16)21-14-7-6-12(19)10-13(14)20/h6-7,10H,4-5,8-9H2,1-3H3,(H,21,22)(H,23,24). The summed E-state index contributed by atoms with van der Waals surface area (Å²) in [5, 5.41) is 14.2. The SMILES string of the molecule is CCC(CC)(CCC(=O)O)c1nc(Nc2ccc(Cl)cc2Cl)sc1C. The quantitative estimate of drug-likeness (QED) is 0.535. The van der Waals surface area contributed by atoms with Crippen molar-refractivity contribution in [1.29, 1.82) is 0 Å². The summed E-state index contributed by atoms with van der Waals surface area (Å²) >= 11 is 13.7. The minimum absolute atomic E-state index is 0.143. The van der Waals surface area contributed by atoms with Crippen molar-refractivity contribution in [2.75, 3.05) is 5.32 Å². The van der Waals surface area contributed by atoms with Gasteiger partial charge < -0.3 is 10.4 Å². The predicted octanol–water partition coefficient (Wildman–Crippen LogP) is 6.42. The first-order valence-corrected chi connectivity index (χ1v) is 9.80. The van der Waals surface area contributed by atoms with Crippen molar-refractivity contribution in [2.45, 2.75) is 51.9 Å². The molecule has 0 bridgehead atoms. The summed E-state index contributed by atoms with van der Waals surface area (Å²) < 4.78 is 0. The number of carbonyl (C=O) groups is 1. The lowest BCUT2D eigenvalue weighted by molar-refractivity contribution is -0.137. The number of hydrogen-bond acceptors (Lipinski definition) is 4. The average molecular weight is 401 g/mol. The lowest BCUT2D eigenvalue weighted by atomic mass is 9.75. The van der Waals surface area contributed by atoms with Crippen LogP contribution in [0.1, 0.15) is 50.1 Å². The Kier molecular flexibility index (Phi) is 6.72. The van der Waals surface area contributed by atoms with Gasteiger partial charge in [0.2, 0.25) is 0 Å². The van der Waals surface area contributed by atoms with E-state index in [4.69, 9.17) is 33.3 Å². The third kappa shape index (κ3) is 4.66. The number of rotatable bonds is 8. The van der Waals surface area contributed by atoms with Crippen molar-refractivity contribution in [3.63, 3.8) is 0 Å². The van der Waals surface area contributed by atoms with Gasteiger partial charge in [0.1, 0.15) is 0 Å². The Bertz CT molecular complexity index is 758. The molecule has 0 aliphatic carbocycles. The van der Waals surface area contributed by atoms with Gasteiger partial charge in [0.05, 0.1) is 16.4 Å². The van der Waals surface area contributed by atoms with Crippen LogP contribution in [0.2, 0.25) is 10.0 Å². The highest BCUT2D eigenvalue weighted by Crippen LogP contribution is 2.41. The van der Waals surface area contributed by atoms with Gasteiger partial charge in [0.15, 0.2) is 5.13 Å². The Hall–Kier alpha value is -1.30. The number of nitrogens with one attached hydrogen (secondary N) is 1. The van der Waals surface area contributed by atoms with Crippen LogP contribution in [-0.4, -0.2) is 16.1 Å². The first-order valence-electron chi connectivity index (χ1n) is 8.23. The van der Waals surface area contributed by atoms with Crippen LogP contribution in [-0.2, 0) is 10.2 Å². The number of carboxylic acids is 1. The minimum atomic E-state index is -0.773. The molecule has 4 nitrogen and oxygen atoms in total. The van der Waals surface area contributed by atoms with E-state index in [0.717, 1.165) is 34.2 Å². The number of hydrogen-bond donors (Lipinski definition) is 2. The smallest absolute Gasteiger partial charge is 0.303 e. The van der Waals surface area contributed by atoms with Gasteiger partial charge in [-0.2, -0.15) is 0 Å². The van der Waals surface area contributed by atoms with Crippen molar-refractivity contribution < 1.29 is 9.90 Å². The van der Waals surface area contributed by atoms with Crippen LogP contribution in [0.25, 0.3) is 0 Å². The van der Waals surface area contributed by atoms with Gasteiger partial charge in [-0.15, -0.1) is 11.3 Å². The van der Waals surface area contributed by atoms with E-state index in [9.17, 15) is 4.79 Å². The fourth-order valence-corrected chi connectivity index (χ4v) is 4.45. The molecule has 0 saturated heterocycles. The summed E-state index contributed by atoms with van der Waals surface area (Å²) in [6.07, 6.45) is 2.43. The van der Waals surface area contributed by atoms with E-state index < -0.39 is 5.97 Å². The second-order valence-electron chi connectivity index (χ2n) is 6.05. The number of aryl methyl sites for hydroxylation is 1. The van der Waals surface area contributed by atoms with Crippen LogP contribution in [0.15, 0.2) is 18.2 Å². The van der Waals surface area contributed by atoms with E-state index in [-0.39, 0.29) is 11.8 Å². The second-order valence-corrected chi connectivity index (χ2v) is 8.10. The second kappa shape index (κ2) is 8.39. The van der Waals surface area contributed by atoms with Crippen molar-refractivity contribution >= 4 is 51.3 Å². The van der Waals surface area contributed by atoms with E-state index in [1.807, 2.05) is 13.0 Å². The molecule has 25 heavy (non-hydrogen) atoms. The molecule has 136 valence electrons. The van der Waals surface area contributed by atoms with E-state index in [1.54, 1.807) is 23.5 Å². The van der Waals surface area contributed by atoms with Gasteiger partial charge in [-0.3, -0.25) is 4.79 Å². The van der Waals surface area contributed by atoms with E-state index in [0.29, 0.717) is 16.5 Å². The Morgan fingerprint density at radius 3 is 2.56 bits per heavy atom. The number of aromatic nitrogens is 1. The van der Waals surface area contributed by atoms with Crippen LogP contribution in [0, 0.1) is 6.92 Å². The van der Waals surface area contributed by atoms with Crippen LogP contribution in [0.4, 0.5) is 10.8 Å². The monoisotopic (exact) mass is 400 g/mol. The molecule has 0 saturated carbocycles. The van der Waals surface area contributed by atoms with Crippen LogP contribution in [0.5, 0.6) is 0 Å². The summed E-state index contributed by atoms with van der Waals surface area (Å²) in [7, 11) is 0. The molecule has 0 unspecified atom stereocenters. The fourth-order valence-electron chi connectivity index (χ4n) is 3.05. The normalized spacial score (nSPS) is 11.6. The zero-order valence-corrected chi connectivity index (χ0v) is 16.9. The number of aliphatic carboxylic acids is 1. The number of thiazole rings is 1. The third-order valence-electron chi connectivity index (χ3n) is 4.64. The van der Waals surface area contributed by atoms with Gasteiger partial charge in [0.25, 0.3) is 0 Å². The first-order chi connectivity index (χ1) is 11.8. The van der Waals surface area contributed by atoms with Crippen molar-refractivity contribution in [3.05, 3.63) is 38.8 Å². The molecule has 0 radical (unpaired) electrons. The number of anilines is 2. The molecule has 0 fully saturated rings. The fraction of sp³-hybridized carbons (Fsp3) is 0.444. The Labute approximate surface area is 162 Å². The summed E-state index contributed by atoms with van der Waals surface area (Å²) in [6.45, 7) is 6.21. The molecule has 1 aromatic carbocycles. The summed E-state index contributed by atoms with van der Waals surface area (Å²) in [4.78, 5) is 16.9. The summed E-state index contributed by atoms with van der Waals surface area (Å²) in [6, 6.07) is 5.27. The number of carboxylic acid groups (broad SMARTS) is 1. The predicted molar refractivity (Wildman–Crippen MR) is 106 cm³/mol. The van der Waals surface area contributed by atoms with Gasteiger partial charge in [-0.25, -0.2) is 4.98 Å². The van der Waals surface area contributed by atoms with Gasteiger partial charge >= 0.3 is 5.97 Å². The highest BCUT2D eigenvalue weighted by molar-refractivity contribution is 7.15. The van der Waals surface area contributed by atoms with E-state index in [1.165, 1.54) is 0 Å². The third-order valence-corrected chi connectivity index (χ3v) is 6.08. The molecule has 7 heteroatoms. The van der Waals surface area contributed by atoms with Gasteiger partial charge in [-0.05, 0) is 44.4 Å². The molecule has 0 spiro atoms. The van der Waals surface area contributed by atoms with Crippen molar-refractivity contribution in [3.8, 4) is 0 Å². The molecule has 0 amide bonds. The maximum atomic E-state index is 11.0. The Morgan fingerprint density at radius 2 is 2.00 bits per heavy atom. The van der Waals surface area contributed by atoms with Crippen molar-refractivity contribution in [2.24, 2.45) is 0 Å². The van der Waals surface area contributed by atoms with Crippen LogP contribution < -0.4 is 5.32 Å². The molecule has 0 aliphatic heterocycles. The van der Waals surface area contributed by atoms with Crippen molar-refractivity contribution in [1.82, 2.24) is 4.98 Å². The number of halogens is 2. The van der Waals surface area contributed by atoms with Gasteiger partial charge in [-0.1, -0.05) is 37.0 Å². The molecule has 2 N–H and O–H groups in total. The zero-order chi connectivity index (χ0) is 18.6. The molecule has 0 aliphatic rings. The number of benzene rings is 1. The lowest BCUT2D eigenvalue weighted by Crippen LogP contribution is -2.27. The highest BCUT2D eigenvalue weighted by Gasteiger charge is 2.33. The maximum Gasteiger partial charge on any atom is 0.303 e. The molecule has 2 rings (SSSR count). The lowest BCUT2D eigenvalue weighted by Gasteiger charge is -2.30. The number of nitrogens with zero attached hydrogens (tertiary/aromatic N) is 1. The Balaban J connectivity index is 2.32. The van der Waals surface area contributed by atoms with Crippen LogP contribution in [0.3, 0.4) is 0 Å². The van der Waals surface area contributed by atoms with E-state index >= 15 is 0 Å². The molecule has 1 aromatic heterocycles. The molecular formula is C18H22Cl2N2O2S. The minimum Gasteiger partial charge on any atom is -0.481 e. The molecule has 1 heterocycles. The molecule has 0 atom stereocenters. The highest BCUT2D eigenvalue weighted by atomic mass is 35.5. The topological polar surface area (TPSA) is 62.2 Å². The van der Waals surface area contributed by atoms with Gasteiger partial charge in [0, 0.05) is 21.7 Å². The molecular weight excluding hydrogens is 379 g/mol. The molecule has 2 aromatic rings. The first kappa shape index (κ1) is 20.0. The average Bonchev–Trinajstić information content (AvgIpc) is 2.93. The zero-order valence-electron chi connectivity index (χ0n) is 14.5. The van der Waals surface area contributed by atoms with Crippen LogP contribution >= 0.6 is 34.5 Å².